The van der Waals surface area contributed by atoms with Crippen LogP contribution < -0.4 is 0 Å². The Morgan fingerprint density at radius 2 is 0.480 bits per heavy atom. The first-order chi connectivity index (χ1) is 49.2. The summed E-state index contributed by atoms with van der Waals surface area (Å²) in [5.41, 5.74) is -0.353. The van der Waals surface area contributed by atoms with Gasteiger partial charge in [0.25, 0.3) is 0 Å². The summed E-state index contributed by atoms with van der Waals surface area (Å²) in [7, 11) is 0. The summed E-state index contributed by atoms with van der Waals surface area (Å²) < 4.78 is 92.6. The summed E-state index contributed by atoms with van der Waals surface area (Å²) in [6.45, 7) is 0. The lowest BCUT2D eigenvalue weighted by atomic mass is 9.91. The summed E-state index contributed by atoms with van der Waals surface area (Å²) in [6.07, 6.45) is -10.6. The smallest absolute Gasteiger partial charge is 0.309 e. The maximum atomic E-state index is 14.9. The summed E-state index contributed by atoms with van der Waals surface area (Å²) >= 11 is 0. The van der Waals surface area contributed by atoms with Crippen molar-refractivity contribution < 1.29 is 26.3 Å². The summed E-state index contributed by atoms with van der Waals surface area (Å²) in [5.74, 6) is 0. The fraction of sp³-hybridized carbons (Fsp3) is 0.0247. The fourth-order valence-electron chi connectivity index (χ4n) is 13.2. The van der Waals surface area contributed by atoms with E-state index in [0.29, 0.717) is 55.8 Å². The van der Waals surface area contributed by atoms with Crippen molar-refractivity contribution in [3.05, 3.63) is 259 Å². The molecule has 15 nitrogen and oxygen atoms in total. The Morgan fingerprint density at radius 1 is 0.225 bits per heavy atom. The number of rotatable bonds is 8. The lowest BCUT2D eigenvalue weighted by Gasteiger charge is -2.21. The first-order valence-electron chi connectivity index (χ1n) is 29.9. The van der Waals surface area contributed by atoms with E-state index in [1.54, 1.807) is 94.1 Å². The molecule has 0 amide bonds. The van der Waals surface area contributed by atoms with Gasteiger partial charge in [-0.05, 0) is 167 Å². The molecule has 102 heavy (non-hydrogen) atoms. The molecule has 0 aliphatic carbocycles. The summed E-state index contributed by atoms with van der Waals surface area (Å²) in [6, 6.07) is 66.7. The zero-order chi connectivity index (χ0) is 72.2. The molecule has 11 aromatic carbocycles. The van der Waals surface area contributed by atoms with Gasteiger partial charge in [-0.3, -0.25) is 0 Å². The molecule has 0 aliphatic rings. The summed E-state index contributed by atoms with van der Waals surface area (Å²) in [4.78, 5) is 0. The second-order valence-corrected chi connectivity index (χ2v) is 23.1. The number of hydrogen-bond acceptors (Lipinski definition) is 13. The van der Waals surface area contributed by atoms with Crippen LogP contribution in [-0.2, 0) is 12.4 Å². The van der Waals surface area contributed by atoms with Gasteiger partial charge in [0.15, 0.2) is 0 Å². The van der Waals surface area contributed by atoms with Crippen molar-refractivity contribution in [1.29, 1.82) is 68.4 Å². The average molecular weight is 1330 g/mol. The number of benzene rings is 11. The molecule has 0 N–H and O–H groups in total. The monoisotopic (exact) mass is 1330 g/mol. The topological polar surface area (TPSA) is 319 Å². The maximum Gasteiger partial charge on any atom is 0.416 e. The van der Waals surface area contributed by atoms with Crippen molar-refractivity contribution in [2.45, 2.75) is 12.4 Å². The number of aromatic nitrogens is 2. The molecule has 0 spiro atoms. The SMILES string of the molecule is N#Cc1cc(C#N)c(-c2ccc3c(c2)c2cc(-c4c(C#N)cc(C#N)cc4C#N)ccc2n3-c2cc(C#N)ccc2-c2ccc(-c3cc(C(F)(F)F)cc(C(F)(F)F)c3)cc2-n2c3ccc(-c4c(C#N)cc(C#N)cc4C#N)cc3c3cc(-c4c(C#N)cc(C#N)cc4C#N)ccc32)c(C#N)c1. The predicted octanol–water partition coefficient (Wildman–Crippen LogP) is 18.3. The van der Waals surface area contributed by atoms with Crippen LogP contribution >= 0.6 is 0 Å². The maximum absolute atomic E-state index is 14.9. The second kappa shape index (κ2) is 24.9. The molecular formula is C81H29F6N15. The third-order valence-electron chi connectivity index (χ3n) is 17.5. The molecule has 2 heterocycles. The zero-order valence-corrected chi connectivity index (χ0v) is 51.7. The first kappa shape index (κ1) is 64.7. The van der Waals surface area contributed by atoms with Gasteiger partial charge in [0.05, 0.1) is 196 Å². The van der Waals surface area contributed by atoms with Gasteiger partial charge in [0.1, 0.15) is 0 Å². The lowest BCUT2D eigenvalue weighted by molar-refractivity contribution is -0.143. The van der Waals surface area contributed by atoms with Crippen LogP contribution in [0.5, 0.6) is 0 Å². The van der Waals surface area contributed by atoms with E-state index in [2.05, 4.69) is 54.6 Å². The van der Waals surface area contributed by atoms with Gasteiger partial charge in [-0.15, -0.1) is 0 Å². The minimum Gasteiger partial charge on any atom is -0.309 e. The van der Waals surface area contributed by atoms with E-state index in [-0.39, 0.29) is 151 Å². The van der Waals surface area contributed by atoms with Gasteiger partial charge in [0.2, 0.25) is 0 Å². The highest BCUT2D eigenvalue weighted by Gasteiger charge is 2.38. The van der Waals surface area contributed by atoms with Gasteiger partial charge in [-0.1, -0.05) is 42.5 Å². The van der Waals surface area contributed by atoms with E-state index in [1.807, 2.05) is 24.3 Å². The molecule has 0 bridgehead atoms. The van der Waals surface area contributed by atoms with Crippen LogP contribution in [-0.4, -0.2) is 9.13 Å². The van der Waals surface area contributed by atoms with Crippen molar-refractivity contribution in [3.8, 4) is 157 Å². The zero-order valence-electron chi connectivity index (χ0n) is 51.7. The lowest BCUT2D eigenvalue weighted by Crippen LogP contribution is -2.11. The molecule has 0 radical (unpaired) electrons. The molecule has 0 unspecified atom stereocenters. The van der Waals surface area contributed by atoms with Crippen molar-refractivity contribution in [1.82, 2.24) is 9.13 Å². The van der Waals surface area contributed by atoms with E-state index in [4.69, 9.17) is 0 Å². The van der Waals surface area contributed by atoms with Crippen molar-refractivity contribution in [3.63, 3.8) is 0 Å². The third kappa shape index (κ3) is 10.7. The van der Waals surface area contributed by atoms with Crippen LogP contribution in [0.2, 0.25) is 0 Å². The molecule has 0 saturated carbocycles. The van der Waals surface area contributed by atoms with Crippen LogP contribution in [0.25, 0.3) is 122 Å². The first-order valence-corrected chi connectivity index (χ1v) is 29.9. The molecule has 2 aromatic heterocycles. The number of hydrogen-bond donors (Lipinski definition) is 0. The molecular weight excluding hydrogens is 1300 g/mol. The molecule has 0 aliphatic heterocycles. The molecule has 13 aromatic rings. The Labute approximate surface area is 573 Å². The van der Waals surface area contributed by atoms with E-state index in [1.165, 1.54) is 72.8 Å². The Bertz CT molecular complexity index is 6130. The van der Waals surface area contributed by atoms with E-state index in [9.17, 15) is 94.7 Å². The average Bonchev–Trinajstić information content (AvgIpc) is 1.56. The summed E-state index contributed by atoms with van der Waals surface area (Å²) in [5, 5.41) is 136. The highest BCUT2D eigenvalue weighted by atomic mass is 19.4. The number of halogens is 6. The van der Waals surface area contributed by atoms with Gasteiger partial charge in [-0.25, -0.2) is 0 Å². The number of fused-ring (bicyclic) bond motifs is 6. The Balaban J connectivity index is 1.18. The van der Waals surface area contributed by atoms with Crippen LogP contribution in [0.1, 0.15) is 83.5 Å². The largest absolute Gasteiger partial charge is 0.416 e. The standard InChI is InChI=1S/C81H29F6N15/c82-80(83,84)62-22-53(23-63(29-62)81(85,86)87)48-2-8-65(75(28-48)102-72-11-5-51(78-58(39-97)17-46(33-91)18-59(78)40-98)26-68(72)69-27-52(6-12-73(69)102)79-60(41-99)19-47(34-92)20-61(79)42-100)64-7-1-43(30-88)21-74(64)101-70-9-3-49(76-54(35-93)13-44(31-89)14-55(76)36-94)24-66(70)67-25-50(4-10-71(67)101)77-56(37-95)15-45(32-90)16-57(77)38-96/h1-29H. The Hall–Kier alpha value is -16.0. The number of alkyl halides is 6. The van der Waals surface area contributed by atoms with Crippen molar-refractivity contribution in [2.24, 2.45) is 0 Å². The van der Waals surface area contributed by atoms with E-state index >= 15 is 0 Å². The van der Waals surface area contributed by atoms with Crippen LogP contribution in [0, 0.1) is 147 Å². The van der Waals surface area contributed by atoms with E-state index < -0.39 is 29.0 Å². The van der Waals surface area contributed by atoms with Gasteiger partial charge in [-0.2, -0.15) is 94.7 Å². The van der Waals surface area contributed by atoms with Crippen LogP contribution in [0.15, 0.2) is 176 Å². The Kier molecular flexibility index (Phi) is 15.8. The van der Waals surface area contributed by atoms with Crippen LogP contribution in [0.3, 0.4) is 0 Å². The minimum atomic E-state index is -5.28. The quantitative estimate of drug-likeness (QED) is 0.128. The molecule has 21 heteroatoms. The van der Waals surface area contributed by atoms with Crippen molar-refractivity contribution >= 4 is 43.6 Å². The van der Waals surface area contributed by atoms with Crippen molar-refractivity contribution in [2.75, 3.05) is 0 Å². The molecule has 13 rings (SSSR count). The van der Waals surface area contributed by atoms with Gasteiger partial charge < -0.3 is 9.13 Å². The second-order valence-electron chi connectivity index (χ2n) is 23.1. The highest BCUT2D eigenvalue weighted by molar-refractivity contribution is 6.15. The van der Waals surface area contributed by atoms with Gasteiger partial charge in [0, 0.05) is 54.9 Å². The van der Waals surface area contributed by atoms with Crippen LogP contribution in [0.4, 0.5) is 26.3 Å². The molecule has 0 atom stereocenters. The molecule has 0 fully saturated rings. The number of nitrogens with zero attached hydrogens (tertiary/aromatic N) is 15. The Morgan fingerprint density at radius 3 is 0.735 bits per heavy atom. The highest BCUT2D eigenvalue weighted by Crippen LogP contribution is 2.48. The number of nitriles is 13. The third-order valence-corrected chi connectivity index (χ3v) is 17.5. The minimum absolute atomic E-state index is 0.00129. The van der Waals surface area contributed by atoms with Gasteiger partial charge >= 0.3 is 12.4 Å². The fourth-order valence-corrected chi connectivity index (χ4v) is 13.2. The molecule has 470 valence electrons. The normalized spacial score (nSPS) is 10.9. The van der Waals surface area contributed by atoms with E-state index in [0.717, 1.165) is 0 Å². The molecule has 0 saturated heterocycles. The predicted molar refractivity (Wildman–Crippen MR) is 359 cm³/mol.